The van der Waals surface area contributed by atoms with E-state index in [4.69, 9.17) is 21.3 Å². The number of benzene rings is 3. The minimum atomic E-state index is -0.897. The van der Waals surface area contributed by atoms with Crippen molar-refractivity contribution < 1.29 is 14.6 Å². The number of rotatable bonds is 7. The predicted molar refractivity (Wildman–Crippen MR) is 133 cm³/mol. The van der Waals surface area contributed by atoms with Crippen LogP contribution in [0.1, 0.15) is 29.5 Å². The minimum Gasteiger partial charge on any atom is -0.481 e. The number of fused-ring (bicyclic) bond motifs is 1. The number of carboxylic acid groups (broad SMARTS) is 1. The van der Waals surface area contributed by atoms with E-state index in [1.165, 1.54) is 0 Å². The summed E-state index contributed by atoms with van der Waals surface area (Å²) < 4.78 is 5.88. The first kappa shape index (κ1) is 22.8. The second-order valence-electron chi connectivity index (χ2n) is 8.24. The van der Waals surface area contributed by atoms with Crippen LogP contribution in [0.15, 0.2) is 84.8 Å². The van der Waals surface area contributed by atoms with Gasteiger partial charge in [-0.1, -0.05) is 42.5 Å². The highest BCUT2D eigenvalue weighted by molar-refractivity contribution is 5.99. The van der Waals surface area contributed by atoms with Crippen molar-refractivity contribution in [2.24, 2.45) is 5.73 Å². The van der Waals surface area contributed by atoms with Crippen molar-refractivity contribution in [3.05, 3.63) is 101 Å². The van der Waals surface area contributed by atoms with Gasteiger partial charge >= 0.3 is 5.97 Å². The molecule has 0 saturated carbocycles. The SMILES string of the molecule is CC(=N)N1C=CC(Oc2ccc(C(Cc3ccc4ccc(C(=N)N)cc4c3)C(=O)O)cc2)=CC1. The molecule has 7 heteroatoms. The fraction of sp³-hybridized carbons (Fsp3) is 0.148. The summed E-state index contributed by atoms with van der Waals surface area (Å²) in [7, 11) is 0. The Morgan fingerprint density at radius 2 is 1.82 bits per heavy atom. The Hall–Kier alpha value is -4.39. The molecule has 1 aliphatic rings. The van der Waals surface area contributed by atoms with E-state index >= 15 is 0 Å². The second kappa shape index (κ2) is 9.62. The molecule has 7 nitrogen and oxygen atoms in total. The maximum Gasteiger partial charge on any atom is 0.311 e. The Kier molecular flexibility index (Phi) is 6.45. The summed E-state index contributed by atoms with van der Waals surface area (Å²) in [5.41, 5.74) is 7.83. The quantitative estimate of drug-likeness (QED) is 0.306. The van der Waals surface area contributed by atoms with Crippen molar-refractivity contribution in [2.45, 2.75) is 19.3 Å². The number of allylic oxidation sites excluding steroid dienone is 1. The molecule has 1 atom stereocenters. The number of carboxylic acids is 1. The number of hydrogen-bond donors (Lipinski definition) is 4. The van der Waals surface area contributed by atoms with E-state index in [-0.39, 0.29) is 5.84 Å². The van der Waals surface area contributed by atoms with Crippen molar-refractivity contribution in [3.63, 3.8) is 0 Å². The van der Waals surface area contributed by atoms with Gasteiger partial charge in [0.05, 0.1) is 11.8 Å². The number of aliphatic carboxylic acids is 1. The van der Waals surface area contributed by atoms with Crippen LogP contribution in [0.25, 0.3) is 10.8 Å². The molecular formula is C27H26N4O3. The number of nitrogens with two attached hydrogens (primary N) is 1. The zero-order chi connectivity index (χ0) is 24.2. The van der Waals surface area contributed by atoms with Gasteiger partial charge in [-0.2, -0.15) is 0 Å². The van der Waals surface area contributed by atoms with Gasteiger partial charge in [-0.25, -0.2) is 0 Å². The molecular weight excluding hydrogens is 428 g/mol. The summed E-state index contributed by atoms with van der Waals surface area (Å²) in [4.78, 5) is 13.9. The van der Waals surface area contributed by atoms with Gasteiger partial charge < -0.3 is 20.5 Å². The smallest absolute Gasteiger partial charge is 0.311 e. The number of nitrogen functional groups attached to an aromatic ring is 1. The fourth-order valence-corrected chi connectivity index (χ4v) is 3.88. The highest BCUT2D eigenvalue weighted by Gasteiger charge is 2.21. The van der Waals surface area contributed by atoms with Crippen LogP contribution >= 0.6 is 0 Å². The van der Waals surface area contributed by atoms with E-state index in [1.54, 1.807) is 54.4 Å². The van der Waals surface area contributed by atoms with Gasteiger partial charge in [-0.05, 0) is 65.6 Å². The Labute approximate surface area is 197 Å². The average Bonchev–Trinajstić information content (AvgIpc) is 2.83. The third kappa shape index (κ3) is 5.15. The molecule has 3 aromatic carbocycles. The van der Waals surface area contributed by atoms with E-state index in [0.29, 0.717) is 41.4 Å². The number of carbonyl (C=O) groups is 1. The molecule has 3 aromatic rings. The molecule has 34 heavy (non-hydrogen) atoms. The first-order chi connectivity index (χ1) is 16.3. The van der Waals surface area contributed by atoms with Crippen LogP contribution in [0, 0.1) is 10.8 Å². The van der Waals surface area contributed by atoms with Gasteiger partial charge in [0, 0.05) is 18.3 Å². The third-order valence-corrected chi connectivity index (χ3v) is 5.81. The molecule has 4 rings (SSSR count). The number of amidine groups is 2. The molecule has 1 aliphatic heterocycles. The predicted octanol–water partition coefficient (Wildman–Crippen LogP) is 4.62. The molecule has 1 unspecified atom stereocenters. The molecule has 0 bridgehead atoms. The largest absolute Gasteiger partial charge is 0.481 e. The Morgan fingerprint density at radius 1 is 1.09 bits per heavy atom. The number of ether oxygens (including phenoxy) is 1. The van der Waals surface area contributed by atoms with Crippen LogP contribution in [0.4, 0.5) is 0 Å². The van der Waals surface area contributed by atoms with E-state index in [0.717, 1.165) is 16.3 Å². The molecule has 5 N–H and O–H groups in total. The summed E-state index contributed by atoms with van der Waals surface area (Å²) in [5.74, 6) is 0.153. The van der Waals surface area contributed by atoms with Crippen LogP contribution in [-0.2, 0) is 11.2 Å². The number of nitrogens with zero attached hydrogens (tertiary/aromatic N) is 1. The Morgan fingerprint density at radius 3 is 2.44 bits per heavy atom. The molecule has 0 amide bonds. The Bertz CT molecular complexity index is 1330. The molecule has 0 aromatic heterocycles. The molecule has 0 spiro atoms. The number of hydrogen-bond acceptors (Lipinski definition) is 4. The fourth-order valence-electron chi connectivity index (χ4n) is 3.88. The zero-order valence-electron chi connectivity index (χ0n) is 18.8. The normalized spacial score (nSPS) is 13.9. The van der Waals surface area contributed by atoms with Gasteiger partial charge in [-0.3, -0.25) is 15.6 Å². The van der Waals surface area contributed by atoms with Crippen molar-refractivity contribution in [1.82, 2.24) is 4.90 Å². The van der Waals surface area contributed by atoms with Crippen molar-refractivity contribution >= 4 is 28.4 Å². The minimum absolute atomic E-state index is 0.000309. The summed E-state index contributed by atoms with van der Waals surface area (Å²) in [5, 5.41) is 27.1. The number of nitrogens with one attached hydrogen (secondary N) is 2. The second-order valence-corrected chi connectivity index (χ2v) is 8.24. The standard InChI is InChI=1S/C27H26N4O3/c1-17(28)31-12-10-24(11-13-31)34-23-8-6-20(7-9-23)25(27(32)33)15-18-2-3-19-4-5-21(26(29)30)16-22(19)14-18/h2-12,14,16,25,28H,13,15H2,1H3,(H3,29,30)(H,32,33). The monoisotopic (exact) mass is 454 g/mol. The van der Waals surface area contributed by atoms with Gasteiger partial charge in [-0.15, -0.1) is 0 Å². The van der Waals surface area contributed by atoms with Crippen LogP contribution < -0.4 is 10.5 Å². The summed E-state index contributed by atoms with van der Waals surface area (Å²) in [6.45, 7) is 2.29. The molecule has 0 fully saturated rings. The van der Waals surface area contributed by atoms with E-state index < -0.39 is 11.9 Å². The lowest BCUT2D eigenvalue weighted by atomic mass is 9.91. The lowest BCUT2D eigenvalue weighted by molar-refractivity contribution is -0.138. The summed E-state index contributed by atoms with van der Waals surface area (Å²) >= 11 is 0. The van der Waals surface area contributed by atoms with Gasteiger partial charge in [0.15, 0.2) is 0 Å². The van der Waals surface area contributed by atoms with Crippen molar-refractivity contribution in [1.29, 1.82) is 10.8 Å². The Balaban J connectivity index is 1.49. The highest BCUT2D eigenvalue weighted by atomic mass is 16.5. The van der Waals surface area contributed by atoms with Gasteiger partial charge in [0.2, 0.25) is 0 Å². The molecule has 0 aliphatic carbocycles. The maximum atomic E-state index is 12.1. The first-order valence-electron chi connectivity index (χ1n) is 10.9. The van der Waals surface area contributed by atoms with E-state index in [1.807, 2.05) is 36.4 Å². The molecule has 172 valence electrons. The van der Waals surface area contributed by atoms with Crippen molar-refractivity contribution in [2.75, 3.05) is 6.54 Å². The van der Waals surface area contributed by atoms with Crippen LogP contribution in [0.3, 0.4) is 0 Å². The van der Waals surface area contributed by atoms with E-state index in [2.05, 4.69) is 0 Å². The lowest BCUT2D eigenvalue weighted by Gasteiger charge is -2.21. The van der Waals surface area contributed by atoms with Gasteiger partial charge in [0.1, 0.15) is 17.3 Å². The average molecular weight is 455 g/mol. The molecule has 1 heterocycles. The topological polar surface area (TPSA) is 123 Å². The third-order valence-electron chi connectivity index (χ3n) is 5.81. The molecule has 0 radical (unpaired) electrons. The highest BCUT2D eigenvalue weighted by Crippen LogP contribution is 2.27. The zero-order valence-corrected chi connectivity index (χ0v) is 18.8. The van der Waals surface area contributed by atoms with Crippen LogP contribution in [-0.4, -0.2) is 34.2 Å². The maximum absolute atomic E-state index is 12.1. The molecule has 0 saturated heterocycles. The van der Waals surface area contributed by atoms with Crippen LogP contribution in [0.5, 0.6) is 5.75 Å². The van der Waals surface area contributed by atoms with Crippen LogP contribution in [0.2, 0.25) is 0 Å². The first-order valence-corrected chi connectivity index (χ1v) is 10.9. The summed E-state index contributed by atoms with van der Waals surface area (Å²) in [6, 6.07) is 18.5. The van der Waals surface area contributed by atoms with Gasteiger partial charge in [0.25, 0.3) is 0 Å². The lowest BCUT2D eigenvalue weighted by Crippen LogP contribution is -2.24. The van der Waals surface area contributed by atoms with E-state index in [9.17, 15) is 9.90 Å². The summed E-state index contributed by atoms with van der Waals surface area (Å²) in [6.07, 6.45) is 5.83. The van der Waals surface area contributed by atoms with Crippen molar-refractivity contribution in [3.8, 4) is 5.75 Å².